The number of para-hydroxylation sites is 1. The third-order valence-corrected chi connectivity index (χ3v) is 3.82. The van der Waals surface area contributed by atoms with Gasteiger partial charge < -0.3 is 5.11 Å². The van der Waals surface area contributed by atoms with Gasteiger partial charge in [0.2, 0.25) is 0 Å². The lowest BCUT2D eigenvalue weighted by Crippen LogP contribution is -2.03. The third kappa shape index (κ3) is 2.74. The first-order chi connectivity index (χ1) is 9.45. The van der Waals surface area contributed by atoms with Crippen LogP contribution in [-0.2, 0) is 16.5 Å². The summed E-state index contributed by atoms with van der Waals surface area (Å²) < 4.78 is 32.5. The summed E-state index contributed by atoms with van der Waals surface area (Å²) in [5, 5.41) is 9.94. The van der Waals surface area contributed by atoms with E-state index in [1.165, 1.54) is 12.1 Å². The van der Waals surface area contributed by atoms with Crippen molar-refractivity contribution in [1.82, 2.24) is 0 Å². The van der Waals surface area contributed by atoms with E-state index in [1.54, 1.807) is 36.4 Å². The molecule has 0 saturated carbocycles. The van der Waals surface area contributed by atoms with E-state index in [0.717, 1.165) is 0 Å². The van der Waals surface area contributed by atoms with Crippen molar-refractivity contribution in [3.63, 3.8) is 0 Å². The first-order valence-electron chi connectivity index (χ1n) is 5.94. The molecule has 2 rings (SSSR count). The fourth-order valence-electron chi connectivity index (χ4n) is 2.11. The number of rotatable bonds is 4. The molecular formula is C15H14O4S. The fourth-order valence-corrected chi connectivity index (χ4v) is 2.86. The molecule has 0 saturated heterocycles. The van der Waals surface area contributed by atoms with Crippen molar-refractivity contribution in [3.05, 3.63) is 60.7 Å². The molecule has 5 heteroatoms. The minimum Gasteiger partial charge on any atom is -0.507 e. The van der Waals surface area contributed by atoms with E-state index in [4.69, 9.17) is 0 Å². The van der Waals surface area contributed by atoms with Gasteiger partial charge in [-0.3, -0.25) is 4.55 Å². The quantitative estimate of drug-likeness (QED) is 0.670. The second-order valence-electron chi connectivity index (χ2n) is 4.28. The molecule has 4 nitrogen and oxygen atoms in total. The number of allylic oxidation sites excluding steroid dienone is 1. The highest BCUT2D eigenvalue weighted by Gasteiger charge is 2.20. The van der Waals surface area contributed by atoms with Crippen LogP contribution in [0.3, 0.4) is 0 Å². The number of hydrogen-bond acceptors (Lipinski definition) is 3. The van der Waals surface area contributed by atoms with Gasteiger partial charge in [0.15, 0.2) is 0 Å². The normalized spacial score (nSPS) is 11.2. The standard InChI is InChI=1S/C15H14O4S/c1-2-6-11-7-5-10-14(20(17,18)19)15(11)12-8-3-4-9-13(12)16/h2-5,7-10,16H,1,6H2,(H,17,18,19). The van der Waals surface area contributed by atoms with Gasteiger partial charge in [0.05, 0.1) is 0 Å². The van der Waals surface area contributed by atoms with Gasteiger partial charge in [-0.15, -0.1) is 6.58 Å². The van der Waals surface area contributed by atoms with Crippen molar-refractivity contribution in [2.45, 2.75) is 11.3 Å². The average molecular weight is 290 g/mol. The van der Waals surface area contributed by atoms with Gasteiger partial charge in [-0.25, -0.2) is 0 Å². The van der Waals surface area contributed by atoms with Crippen molar-refractivity contribution >= 4 is 10.1 Å². The predicted octanol–water partition coefficient (Wildman–Crippen LogP) is 3.03. The molecule has 0 aromatic heterocycles. The maximum atomic E-state index is 11.5. The summed E-state index contributed by atoms with van der Waals surface area (Å²) in [6.07, 6.45) is 2.06. The van der Waals surface area contributed by atoms with E-state index in [-0.39, 0.29) is 10.6 Å². The fraction of sp³-hybridized carbons (Fsp3) is 0.0667. The number of hydrogen-bond donors (Lipinski definition) is 2. The molecule has 0 aliphatic rings. The van der Waals surface area contributed by atoms with Crippen molar-refractivity contribution in [1.29, 1.82) is 0 Å². The van der Waals surface area contributed by atoms with Gasteiger partial charge in [-0.05, 0) is 24.1 Å². The molecule has 0 aliphatic carbocycles. The number of benzene rings is 2. The van der Waals surface area contributed by atoms with Crippen molar-refractivity contribution in [2.75, 3.05) is 0 Å². The molecule has 0 unspecified atom stereocenters. The lowest BCUT2D eigenvalue weighted by atomic mass is 9.97. The first-order valence-corrected chi connectivity index (χ1v) is 7.38. The van der Waals surface area contributed by atoms with Crippen molar-refractivity contribution in [2.24, 2.45) is 0 Å². The molecule has 104 valence electrons. The van der Waals surface area contributed by atoms with Gasteiger partial charge >= 0.3 is 0 Å². The Morgan fingerprint density at radius 3 is 2.40 bits per heavy atom. The first kappa shape index (κ1) is 14.3. The lowest BCUT2D eigenvalue weighted by molar-refractivity contribution is 0.476. The zero-order valence-corrected chi connectivity index (χ0v) is 11.5. The van der Waals surface area contributed by atoms with E-state index in [1.807, 2.05) is 0 Å². The van der Waals surface area contributed by atoms with Gasteiger partial charge in [0.25, 0.3) is 10.1 Å². The Morgan fingerprint density at radius 2 is 1.80 bits per heavy atom. The highest BCUT2D eigenvalue weighted by molar-refractivity contribution is 7.86. The second kappa shape index (κ2) is 5.48. The van der Waals surface area contributed by atoms with E-state index in [9.17, 15) is 18.1 Å². The summed E-state index contributed by atoms with van der Waals surface area (Å²) in [5.41, 5.74) is 1.32. The molecule has 0 fully saturated rings. The van der Waals surface area contributed by atoms with Gasteiger partial charge in [-0.1, -0.05) is 36.4 Å². The van der Waals surface area contributed by atoms with E-state index in [0.29, 0.717) is 23.1 Å². The zero-order valence-electron chi connectivity index (χ0n) is 10.7. The molecule has 2 aromatic carbocycles. The van der Waals surface area contributed by atoms with Crippen molar-refractivity contribution < 1.29 is 18.1 Å². The number of phenols is 1. The number of phenolic OH excluding ortho intramolecular Hbond substituents is 1. The summed E-state index contributed by atoms with van der Waals surface area (Å²) in [6.45, 7) is 3.63. The minimum absolute atomic E-state index is 0.0473. The van der Waals surface area contributed by atoms with Gasteiger partial charge in [-0.2, -0.15) is 8.42 Å². The van der Waals surface area contributed by atoms with Crippen LogP contribution in [0.25, 0.3) is 11.1 Å². The summed E-state index contributed by atoms with van der Waals surface area (Å²) in [4.78, 5) is -0.224. The van der Waals surface area contributed by atoms with Gasteiger partial charge in [0.1, 0.15) is 10.6 Å². The molecule has 0 atom stereocenters. The molecule has 0 spiro atoms. The van der Waals surface area contributed by atoms with Crippen LogP contribution in [0.4, 0.5) is 0 Å². The largest absolute Gasteiger partial charge is 0.507 e. The Balaban J connectivity index is 2.84. The Morgan fingerprint density at radius 1 is 1.10 bits per heavy atom. The van der Waals surface area contributed by atoms with E-state index >= 15 is 0 Å². The van der Waals surface area contributed by atoms with Crippen LogP contribution in [0.1, 0.15) is 5.56 Å². The molecule has 2 aromatic rings. The molecular weight excluding hydrogens is 276 g/mol. The Labute approximate surface area is 117 Å². The maximum Gasteiger partial charge on any atom is 0.295 e. The summed E-state index contributed by atoms with van der Waals surface area (Å²) in [7, 11) is -4.38. The molecule has 0 bridgehead atoms. The van der Waals surface area contributed by atoms with Crippen LogP contribution in [0.15, 0.2) is 60.0 Å². The summed E-state index contributed by atoms with van der Waals surface area (Å²) in [5.74, 6) is -0.0473. The predicted molar refractivity (Wildman–Crippen MR) is 77.3 cm³/mol. The molecule has 0 heterocycles. The molecule has 0 amide bonds. The maximum absolute atomic E-state index is 11.5. The van der Waals surface area contributed by atoms with Crippen molar-refractivity contribution in [3.8, 4) is 16.9 Å². The monoisotopic (exact) mass is 290 g/mol. The highest BCUT2D eigenvalue weighted by Crippen LogP contribution is 2.36. The van der Waals surface area contributed by atoms with Crippen LogP contribution < -0.4 is 0 Å². The van der Waals surface area contributed by atoms with Crippen LogP contribution in [0.5, 0.6) is 5.75 Å². The molecule has 0 radical (unpaired) electrons. The van der Waals surface area contributed by atoms with E-state index < -0.39 is 10.1 Å². The topological polar surface area (TPSA) is 74.6 Å². The Kier molecular flexibility index (Phi) is 3.92. The van der Waals surface area contributed by atoms with E-state index in [2.05, 4.69) is 6.58 Å². The Hall–Kier alpha value is -2.11. The second-order valence-corrected chi connectivity index (χ2v) is 5.67. The smallest absolute Gasteiger partial charge is 0.295 e. The average Bonchev–Trinajstić information content (AvgIpc) is 2.39. The summed E-state index contributed by atoms with van der Waals surface area (Å²) in [6, 6.07) is 11.0. The van der Waals surface area contributed by atoms with Crippen LogP contribution in [-0.4, -0.2) is 18.1 Å². The van der Waals surface area contributed by atoms with Crippen LogP contribution in [0, 0.1) is 0 Å². The molecule has 0 aliphatic heterocycles. The lowest BCUT2D eigenvalue weighted by Gasteiger charge is -2.13. The SMILES string of the molecule is C=CCc1cccc(S(=O)(=O)O)c1-c1ccccc1O. The molecule has 2 N–H and O–H groups in total. The number of aromatic hydroxyl groups is 1. The van der Waals surface area contributed by atoms with Gasteiger partial charge in [0, 0.05) is 11.1 Å². The Bertz CT molecular complexity index is 748. The van der Waals surface area contributed by atoms with Crippen LogP contribution in [0.2, 0.25) is 0 Å². The highest BCUT2D eigenvalue weighted by atomic mass is 32.2. The van der Waals surface area contributed by atoms with Crippen LogP contribution >= 0.6 is 0 Å². The minimum atomic E-state index is -4.38. The third-order valence-electron chi connectivity index (χ3n) is 2.93. The summed E-state index contributed by atoms with van der Waals surface area (Å²) >= 11 is 0. The zero-order chi connectivity index (χ0) is 14.8. The molecule has 20 heavy (non-hydrogen) atoms.